The van der Waals surface area contributed by atoms with E-state index < -0.39 is 0 Å². The van der Waals surface area contributed by atoms with E-state index in [0.29, 0.717) is 10.0 Å². The van der Waals surface area contributed by atoms with Crippen molar-refractivity contribution in [1.29, 1.82) is 5.26 Å². The Kier molecular flexibility index (Phi) is 3.87. The summed E-state index contributed by atoms with van der Waals surface area (Å²) < 4.78 is 0.501. The van der Waals surface area contributed by atoms with Gasteiger partial charge in [0.05, 0.1) is 23.8 Å². The maximum Gasteiger partial charge on any atom is 0.172 e. The number of anilines is 2. The number of fused-ring (bicyclic) bond motifs is 2. The first kappa shape index (κ1) is 17.1. The van der Waals surface area contributed by atoms with Crippen LogP contribution in [0.2, 0.25) is 0 Å². The maximum absolute atomic E-state index is 9.42. The Morgan fingerprint density at radius 2 is 1.72 bits per heavy atom. The molecule has 1 aliphatic heterocycles. The van der Waals surface area contributed by atoms with Crippen molar-refractivity contribution in [2.24, 2.45) is 0 Å². The van der Waals surface area contributed by atoms with Crippen molar-refractivity contribution >= 4 is 39.9 Å². The van der Waals surface area contributed by atoms with Gasteiger partial charge in [-0.2, -0.15) is 5.26 Å². The van der Waals surface area contributed by atoms with Gasteiger partial charge in [-0.15, -0.1) is 0 Å². The molecule has 1 atom stereocenters. The lowest BCUT2D eigenvalue weighted by atomic mass is 10.1. The maximum atomic E-state index is 9.42. The molecular weight excluding hydrogens is 358 g/mol. The van der Waals surface area contributed by atoms with Crippen molar-refractivity contribution in [2.75, 3.05) is 12.4 Å². The van der Waals surface area contributed by atoms with E-state index in [0.717, 1.165) is 28.1 Å². The smallest absolute Gasteiger partial charge is 0.172 e. The lowest BCUT2D eigenvalue weighted by molar-refractivity contribution is 0.628. The molecule has 0 radical (unpaired) electrons. The van der Waals surface area contributed by atoms with Gasteiger partial charge in [0.1, 0.15) is 18.0 Å². The van der Waals surface area contributed by atoms with Gasteiger partial charge >= 0.3 is 0 Å². The number of quaternary nitrogens is 1. The molecule has 0 amide bonds. The number of rotatable bonds is 3. The first-order valence-corrected chi connectivity index (χ1v) is 9.35. The van der Waals surface area contributed by atoms with Crippen LogP contribution in [0, 0.1) is 11.3 Å². The molecule has 5 nitrogen and oxygen atoms in total. The third-order valence-electron chi connectivity index (χ3n) is 5.37. The van der Waals surface area contributed by atoms with Gasteiger partial charge in [-0.3, -0.25) is 4.98 Å². The molecule has 3 aromatic carbocycles. The molecule has 0 bridgehead atoms. The Morgan fingerprint density at radius 1 is 0.931 bits per heavy atom. The highest BCUT2D eigenvalue weighted by molar-refractivity contribution is 5.95. The van der Waals surface area contributed by atoms with Gasteiger partial charge in [0.2, 0.25) is 0 Å². The second-order valence-corrected chi connectivity index (χ2v) is 7.15. The van der Waals surface area contributed by atoms with Crippen LogP contribution in [-0.4, -0.2) is 17.0 Å². The number of nitrogens with one attached hydrogen (secondary N) is 1. The minimum absolute atomic E-state index is 0.501. The molecule has 1 N–H and O–H groups in total. The number of nitrogens with zero attached hydrogens (tertiary/aromatic N) is 4. The number of benzene rings is 3. The Balaban J connectivity index is 1.71. The zero-order valence-electron chi connectivity index (χ0n) is 15.9. The Labute approximate surface area is 168 Å². The molecule has 0 saturated heterocycles. The van der Waals surface area contributed by atoms with Crippen LogP contribution in [0.5, 0.6) is 0 Å². The summed E-state index contributed by atoms with van der Waals surface area (Å²) in [5.74, 6) is 0. The summed E-state index contributed by atoms with van der Waals surface area (Å²) in [5, 5.41) is 12.8. The van der Waals surface area contributed by atoms with Crippen LogP contribution in [0.25, 0.3) is 17.1 Å². The van der Waals surface area contributed by atoms with Crippen LogP contribution in [0.4, 0.5) is 22.7 Å². The highest BCUT2D eigenvalue weighted by Gasteiger charge is 2.35. The topological polar surface area (TPSA) is 61.6 Å². The third-order valence-corrected chi connectivity index (χ3v) is 5.37. The number of para-hydroxylation sites is 2. The molecule has 1 unspecified atom stereocenters. The molecule has 0 saturated carbocycles. The number of hydrogen-bond acceptors (Lipinski definition) is 4. The van der Waals surface area contributed by atoms with Gasteiger partial charge in [0.15, 0.2) is 11.2 Å². The summed E-state index contributed by atoms with van der Waals surface area (Å²) in [5.41, 5.74) is 7.30. The zero-order chi connectivity index (χ0) is 19.8. The first-order chi connectivity index (χ1) is 14.2. The van der Waals surface area contributed by atoms with E-state index >= 15 is 0 Å². The van der Waals surface area contributed by atoms with E-state index in [1.807, 2.05) is 30.3 Å². The van der Waals surface area contributed by atoms with E-state index in [9.17, 15) is 5.26 Å². The molecule has 2 heterocycles. The molecule has 5 heteroatoms. The van der Waals surface area contributed by atoms with Gasteiger partial charge in [-0.05, 0) is 24.3 Å². The predicted octanol–water partition coefficient (Wildman–Crippen LogP) is 5.50. The molecule has 4 aromatic rings. The Bertz CT molecular complexity index is 1320. The van der Waals surface area contributed by atoms with Crippen molar-refractivity contribution in [1.82, 2.24) is 14.5 Å². The highest BCUT2D eigenvalue weighted by atomic mass is 15.3. The average molecular weight is 376 g/mol. The van der Waals surface area contributed by atoms with Crippen molar-refractivity contribution in [2.45, 2.75) is 0 Å². The lowest BCUT2D eigenvalue weighted by Crippen LogP contribution is -2.31. The first-order valence-electron chi connectivity index (χ1n) is 9.35. The second-order valence-electron chi connectivity index (χ2n) is 7.15. The van der Waals surface area contributed by atoms with Crippen molar-refractivity contribution in [3.63, 3.8) is 0 Å². The number of nitriles is 1. The van der Waals surface area contributed by atoms with Crippen molar-refractivity contribution in [3.8, 4) is 6.07 Å². The highest BCUT2D eigenvalue weighted by Crippen LogP contribution is 2.44. The SMILES string of the molecule is C[N+]1(c2cc(Nc3ccccc3C#N)cc3nccnc23)C=Cc2ccccc21. The van der Waals surface area contributed by atoms with E-state index in [1.165, 1.54) is 11.3 Å². The minimum Gasteiger partial charge on any atom is -0.354 e. The van der Waals surface area contributed by atoms with Gasteiger partial charge in [0, 0.05) is 41.9 Å². The molecule has 0 aliphatic carbocycles. The fourth-order valence-corrected chi connectivity index (χ4v) is 3.90. The molecule has 1 aromatic heterocycles. The molecule has 0 spiro atoms. The Hall–Kier alpha value is -4.01. The predicted molar refractivity (Wildman–Crippen MR) is 117 cm³/mol. The fourth-order valence-electron chi connectivity index (χ4n) is 3.90. The van der Waals surface area contributed by atoms with Crippen LogP contribution in [0.1, 0.15) is 11.1 Å². The van der Waals surface area contributed by atoms with Crippen LogP contribution >= 0.6 is 0 Å². The average Bonchev–Trinajstić information content (AvgIpc) is 3.11. The van der Waals surface area contributed by atoms with E-state index in [2.05, 4.69) is 64.9 Å². The summed E-state index contributed by atoms with van der Waals surface area (Å²) in [4.78, 5) is 9.18. The summed E-state index contributed by atoms with van der Waals surface area (Å²) in [6.45, 7) is 0. The second kappa shape index (κ2) is 6.55. The van der Waals surface area contributed by atoms with Crippen molar-refractivity contribution in [3.05, 3.63) is 90.4 Å². The van der Waals surface area contributed by atoms with E-state index in [-0.39, 0.29) is 0 Å². The van der Waals surface area contributed by atoms with Crippen LogP contribution in [-0.2, 0) is 0 Å². The minimum atomic E-state index is 0.501. The summed E-state index contributed by atoms with van der Waals surface area (Å²) in [6, 6.07) is 22.2. The Morgan fingerprint density at radius 3 is 2.62 bits per heavy atom. The quantitative estimate of drug-likeness (QED) is 0.480. The summed E-state index contributed by atoms with van der Waals surface area (Å²) in [6.07, 6.45) is 7.73. The summed E-state index contributed by atoms with van der Waals surface area (Å²) >= 11 is 0. The number of hydrogen-bond donors (Lipinski definition) is 1. The molecule has 29 heavy (non-hydrogen) atoms. The van der Waals surface area contributed by atoms with Gasteiger partial charge in [-0.25, -0.2) is 9.47 Å². The third kappa shape index (κ3) is 2.75. The van der Waals surface area contributed by atoms with E-state index in [1.54, 1.807) is 18.5 Å². The molecule has 5 rings (SSSR count). The van der Waals surface area contributed by atoms with E-state index in [4.69, 9.17) is 0 Å². The number of aromatic nitrogens is 2. The monoisotopic (exact) mass is 376 g/mol. The lowest BCUT2D eigenvalue weighted by Gasteiger charge is -2.28. The standard InChI is InChI=1S/C24H18N5/c1-29(13-10-17-6-3-5-9-22(17)29)23-15-19(14-21-24(23)27-12-11-26-21)28-20-8-4-2-7-18(20)16-25/h2-15,28H,1H3/q+1. The van der Waals surface area contributed by atoms with Crippen LogP contribution in [0.15, 0.2) is 79.3 Å². The zero-order valence-corrected chi connectivity index (χ0v) is 15.9. The van der Waals surface area contributed by atoms with Crippen LogP contribution in [0.3, 0.4) is 0 Å². The van der Waals surface area contributed by atoms with Crippen LogP contribution < -0.4 is 9.80 Å². The molecule has 0 fully saturated rings. The molecular formula is C24H18N5+. The normalized spacial score (nSPS) is 17.1. The molecule has 1 aliphatic rings. The van der Waals surface area contributed by atoms with Gasteiger partial charge in [-0.1, -0.05) is 24.3 Å². The summed E-state index contributed by atoms with van der Waals surface area (Å²) in [7, 11) is 2.15. The van der Waals surface area contributed by atoms with Gasteiger partial charge in [0.25, 0.3) is 0 Å². The largest absolute Gasteiger partial charge is 0.354 e. The fraction of sp³-hybridized carbons (Fsp3) is 0.0417. The molecule has 138 valence electrons. The van der Waals surface area contributed by atoms with Gasteiger partial charge < -0.3 is 5.32 Å². The van der Waals surface area contributed by atoms with Crippen molar-refractivity contribution < 1.29 is 0 Å².